The molecule has 116 valence electrons. The number of halogens is 3. The Labute approximate surface area is 119 Å². The number of hydrogen-bond donors (Lipinski definition) is 2. The van der Waals surface area contributed by atoms with Gasteiger partial charge in [0.15, 0.2) is 5.84 Å². The third-order valence-corrected chi connectivity index (χ3v) is 3.20. The Morgan fingerprint density at radius 3 is 2.52 bits per heavy atom. The maximum absolute atomic E-state index is 12.3. The van der Waals surface area contributed by atoms with Crippen molar-refractivity contribution in [2.75, 3.05) is 37.6 Å². The maximum Gasteiger partial charge on any atom is 0.401 e. The van der Waals surface area contributed by atoms with Gasteiger partial charge in [0.25, 0.3) is 0 Å². The molecule has 0 bridgehead atoms. The van der Waals surface area contributed by atoms with Crippen molar-refractivity contribution in [3.8, 4) is 0 Å². The van der Waals surface area contributed by atoms with Crippen LogP contribution < -0.4 is 10.6 Å². The highest BCUT2D eigenvalue weighted by Crippen LogP contribution is 2.19. The van der Waals surface area contributed by atoms with Crippen molar-refractivity contribution in [1.82, 2.24) is 9.88 Å². The van der Waals surface area contributed by atoms with E-state index in [1.807, 2.05) is 4.90 Å². The molecule has 6 nitrogen and oxygen atoms in total. The van der Waals surface area contributed by atoms with Gasteiger partial charge in [-0.2, -0.15) is 13.2 Å². The number of anilines is 1. The van der Waals surface area contributed by atoms with Crippen molar-refractivity contribution in [2.45, 2.75) is 6.18 Å². The summed E-state index contributed by atoms with van der Waals surface area (Å²) >= 11 is 0. The minimum Gasteiger partial charge on any atom is -0.409 e. The third kappa shape index (κ3) is 4.22. The summed E-state index contributed by atoms with van der Waals surface area (Å²) in [6.07, 6.45) is -4.17. The van der Waals surface area contributed by atoms with Crippen LogP contribution in [0.1, 0.15) is 5.69 Å². The molecule has 0 radical (unpaired) electrons. The first-order valence-electron chi connectivity index (χ1n) is 6.38. The molecule has 0 amide bonds. The number of oxime groups is 1. The normalized spacial score (nSPS) is 18.0. The predicted octanol–water partition coefficient (Wildman–Crippen LogP) is 0.860. The molecule has 1 saturated heterocycles. The Bertz CT molecular complexity index is 512. The molecule has 2 rings (SSSR count). The lowest BCUT2D eigenvalue weighted by Crippen LogP contribution is -2.49. The zero-order valence-corrected chi connectivity index (χ0v) is 11.2. The quantitative estimate of drug-likeness (QED) is 0.375. The Morgan fingerprint density at radius 2 is 1.95 bits per heavy atom. The standard InChI is InChI=1S/C12H16F3N5O/c13-12(14,15)8-19-4-6-20(7-5-19)10-3-1-2-9(17-10)11(16)18-21/h1-3,21H,4-8H2,(H2,16,18). The van der Waals surface area contributed by atoms with E-state index in [-0.39, 0.29) is 5.84 Å². The number of rotatable bonds is 3. The first-order valence-corrected chi connectivity index (χ1v) is 6.38. The average molecular weight is 303 g/mol. The molecule has 0 atom stereocenters. The molecular weight excluding hydrogens is 287 g/mol. The van der Waals surface area contributed by atoms with Crippen LogP contribution in [-0.2, 0) is 0 Å². The van der Waals surface area contributed by atoms with Gasteiger partial charge in [0.05, 0.1) is 6.54 Å². The van der Waals surface area contributed by atoms with E-state index in [0.29, 0.717) is 37.7 Å². The van der Waals surface area contributed by atoms with Gasteiger partial charge in [-0.05, 0) is 12.1 Å². The lowest BCUT2D eigenvalue weighted by Gasteiger charge is -2.35. The van der Waals surface area contributed by atoms with Gasteiger partial charge in [-0.1, -0.05) is 11.2 Å². The Morgan fingerprint density at radius 1 is 1.29 bits per heavy atom. The largest absolute Gasteiger partial charge is 0.409 e. The molecular formula is C12H16F3N5O. The highest BCUT2D eigenvalue weighted by atomic mass is 19.4. The maximum atomic E-state index is 12.3. The van der Waals surface area contributed by atoms with Gasteiger partial charge in [-0.25, -0.2) is 4.98 Å². The number of piperazine rings is 1. The minimum atomic E-state index is -4.17. The van der Waals surface area contributed by atoms with E-state index in [2.05, 4.69) is 10.1 Å². The van der Waals surface area contributed by atoms with Gasteiger partial charge in [-0.3, -0.25) is 4.90 Å². The Hall–Kier alpha value is -2.03. The molecule has 2 heterocycles. The fourth-order valence-corrected chi connectivity index (χ4v) is 2.18. The predicted molar refractivity (Wildman–Crippen MR) is 71.5 cm³/mol. The van der Waals surface area contributed by atoms with Crippen LogP contribution in [0.3, 0.4) is 0 Å². The zero-order valence-electron chi connectivity index (χ0n) is 11.2. The van der Waals surface area contributed by atoms with Crippen molar-refractivity contribution in [2.24, 2.45) is 10.9 Å². The second-order valence-electron chi connectivity index (χ2n) is 4.74. The van der Waals surface area contributed by atoms with E-state index in [9.17, 15) is 13.2 Å². The fourth-order valence-electron chi connectivity index (χ4n) is 2.18. The van der Waals surface area contributed by atoms with Gasteiger partial charge in [0.2, 0.25) is 0 Å². The summed E-state index contributed by atoms with van der Waals surface area (Å²) in [7, 11) is 0. The lowest BCUT2D eigenvalue weighted by atomic mass is 10.2. The molecule has 3 N–H and O–H groups in total. The molecule has 0 unspecified atom stereocenters. The van der Waals surface area contributed by atoms with E-state index in [0.717, 1.165) is 0 Å². The van der Waals surface area contributed by atoms with Crippen LogP contribution in [0.2, 0.25) is 0 Å². The van der Waals surface area contributed by atoms with E-state index in [4.69, 9.17) is 10.9 Å². The number of pyridine rings is 1. The number of aromatic nitrogens is 1. The summed E-state index contributed by atoms with van der Waals surface area (Å²) in [5.74, 6) is 0.498. The van der Waals surface area contributed by atoms with Gasteiger partial charge in [0, 0.05) is 26.2 Å². The van der Waals surface area contributed by atoms with E-state index >= 15 is 0 Å². The number of hydrogen-bond acceptors (Lipinski definition) is 5. The topological polar surface area (TPSA) is 78.0 Å². The molecule has 1 aromatic heterocycles. The van der Waals surface area contributed by atoms with Crippen molar-refractivity contribution in [3.63, 3.8) is 0 Å². The number of alkyl halides is 3. The molecule has 1 fully saturated rings. The molecule has 1 aliphatic rings. The van der Waals surface area contributed by atoms with Crippen LogP contribution in [0.25, 0.3) is 0 Å². The monoisotopic (exact) mass is 303 g/mol. The summed E-state index contributed by atoms with van der Waals surface area (Å²) in [6.45, 7) is 0.633. The van der Waals surface area contributed by atoms with Crippen molar-refractivity contribution >= 4 is 11.7 Å². The number of nitrogens with two attached hydrogens (primary N) is 1. The van der Waals surface area contributed by atoms with Gasteiger partial charge in [0.1, 0.15) is 11.5 Å². The molecule has 0 saturated carbocycles. The molecule has 0 aliphatic carbocycles. The van der Waals surface area contributed by atoms with Crippen LogP contribution in [0, 0.1) is 0 Å². The van der Waals surface area contributed by atoms with E-state index in [1.165, 1.54) is 4.90 Å². The number of nitrogens with zero attached hydrogens (tertiary/aromatic N) is 4. The van der Waals surface area contributed by atoms with E-state index < -0.39 is 12.7 Å². The smallest absolute Gasteiger partial charge is 0.401 e. The summed E-state index contributed by atoms with van der Waals surface area (Å²) in [6, 6.07) is 5.05. The van der Waals surface area contributed by atoms with E-state index in [1.54, 1.807) is 18.2 Å². The second kappa shape index (κ2) is 6.17. The molecule has 9 heteroatoms. The number of amidine groups is 1. The van der Waals surface area contributed by atoms with Gasteiger partial charge >= 0.3 is 6.18 Å². The summed E-state index contributed by atoms with van der Waals surface area (Å²) in [5.41, 5.74) is 5.80. The minimum absolute atomic E-state index is 0.104. The van der Waals surface area contributed by atoms with Crippen molar-refractivity contribution < 1.29 is 18.4 Å². The molecule has 0 aromatic carbocycles. The first-order chi connectivity index (χ1) is 9.89. The van der Waals surface area contributed by atoms with Gasteiger partial charge < -0.3 is 15.8 Å². The summed E-state index contributed by atoms with van der Waals surface area (Å²) < 4.78 is 37.0. The fraction of sp³-hybridized carbons (Fsp3) is 0.500. The average Bonchev–Trinajstić information content (AvgIpc) is 2.45. The molecule has 1 aromatic rings. The van der Waals surface area contributed by atoms with Crippen LogP contribution in [0.4, 0.5) is 19.0 Å². The van der Waals surface area contributed by atoms with Crippen LogP contribution in [0.15, 0.2) is 23.4 Å². The third-order valence-electron chi connectivity index (χ3n) is 3.20. The second-order valence-corrected chi connectivity index (χ2v) is 4.74. The van der Waals surface area contributed by atoms with Crippen LogP contribution >= 0.6 is 0 Å². The summed E-state index contributed by atoms with van der Waals surface area (Å²) in [5, 5.41) is 11.5. The lowest BCUT2D eigenvalue weighted by molar-refractivity contribution is -0.146. The summed E-state index contributed by atoms with van der Waals surface area (Å²) in [4.78, 5) is 7.48. The highest BCUT2D eigenvalue weighted by Gasteiger charge is 2.32. The van der Waals surface area contributed by atoms with Crippen LogP contribution in [-0.4, -0.2) is 59.8 Å². The Balaban J connectivity index is 1.99. The van der Waals surface area contributed by atoms with Gasteiger partial charge in [-0.15, -0.1) is 0 Å². The molecule has 21 heavy (non-hydrogen) atoms. The van der Waals surface area contributed by atoms with Crippen LogP contribution in [0.5, 0.6) is 0 Å². The highest BCUT2D eigenvalue weighted by molar-refractivity contribution is 5.95. The molecule has 0 spiro atoms. The Kier molecular flexibility index (Phi) is 4.51. The first kappa shape index (κ1) is 15.4. The van der Waals surface area contributed by atoms with Crippen molar-refractivity contribution in [3.05, 3.63) is 23.9 Å². The SMILES string of the molecule is NC(=NO)c1cccc(N2CCN(CC(F)(F)F)CC2)n1. The van der Waals surface area contributed by atoms with Crippen molar-refractivity contribution in [1.29, 1.82) is 0 Å². The zero-order chi connectivity index (χ0) is 15.5. The molecule has 1 aliphatic heterocycles.